The van der Waals surface area contributed by atoms with Crippen molar-refractivity contribution in [3.8, 4) is 11.8 Å². The molecule has 0 aliphatic carbocycles. The number of carboxylic acid groups (broad SMARTS) is 1. The number of nitriles is 1. The molecule has 0 radical (unpaired) electrons. The molecule has 9 nitrogen and oxygen atoms in total. The summed E-state index contributed by atoms with van der Waals surface area (Å²) in [6, 6.07) is 2.08. The highest BCUT2D eigenvalue weighted by Gasteiger charge is 2.28. The van der Waals surface area contributed by atoms with Crippen molar-refractivity contribution in [3.63, 3.8) is 0 Å². The van der Waals surface area contributed by atoms with Gasteiger partial charge in [-0.1, -0.05) is 31.2 Å². The second-order valence-corrected chi connectivity index (χ2v) is 9.65. The average molecular weight is 520 g/mol. The molecule has 10 heteroatoms. The first kappa shape index (κ1) is 30.5. The molecule has 0 aromatic carbocycles. The number of ether oxygens (including phenoxy) is 2. The molecule has 36 heavy (non-hydrogen) atoms. The van der Waals surface area contributed by atoms with Gasteiger partial charge in [-0.15, -0.1) is 0 Å². The lowest BCUT2D eigenvalue weighted by Gasteiger charge is -2.24. The monoisotopic (exact) mass is 519 g/mol. The summed E-state index contributed by atoms with van der Waals surface area (Å²) in [6.07, 6.45) is 4.55. The number of nitrogens with zero attached hydrogens (tertiary/aromatic N) is 2. The number of halogens is 1. The van der Waals surface area contributed by atoms with E-state index in [4.69, 9.17) is 21.1 Å². The zero-order valence-electron chi connectivity index (χ0n) is 21.6. The number of carboxylic acids is 1. The van der Waals surface area contributed by atoms with Gasteiger partial charge >= 0.3 is 12.1 Å². The van der Waals surface area contributed by atoms with E-state index >= 15 is 0 Å². The van der Waals surface area contributed by atoms with Gasteiger partial charge in [-0.3, -0.25) is 9.36 Å². The van der Waals surface area contributed by atoms with Crippen molar-refractivity contribution in [1.29, 1.82) is 5.26 Å². The second kappa shape index (κ2) is 13.5. The smallest absolute Gasteiger partial charge is 0.407 e. The van der Waals surface area contributed by atoms with Crippen LogP contribution < -0.4 is 15.6 Å². The summed E-state index contributed by atoms with van der Waals surface area (Å²) in [6.45, 7) is 12.4. The summed E-state index contributed by atoms with van der Waals surface area (Å²) in [4.78, 5) is 37.0. The lowest BCUT2D eigenvalue weighted by atomic mass is 9.95. The maximum Gasteiger partial charge on any atom is 0.407 e. The lowest BCUT2D eigenvalue weighted by Crippen LogP contribution is -2.35. The minimum Gasteiger partial charge on any atom is -0.495 e. The first-order valence-electron chi connectivity index (χ1n) is 11.4. The van der Waals surface area contributed by atoms with Crippen LogP contribution in [-0.4, -0.2) is 41.0 Å². The Morgan fingerprint density at radius 1 is 1.39 bits per heavy atom. The maximum absolute atomic E-state index is 13.1. The minimum atomic E-state index is -1.18. The van der Waals surface area contributed by atoms with Crippen LogP contribution >= 0.6 is 11.6 Å². The molecule has 1 amide bonds. The van der Waals surface area contributed by atoms with Crippen LogP contribution in [0.15, 0.2) is 46.4 Å². The highest BCUT2D eigenvalue weighted by atomic mass is 35.5. The first-order valence-corrected chi connectivity index (χ1v) is 11.7. The molecule has 1 rings (SSSR count). The fourth-order valence-corrected chi connectivity index (χ4v) is 3.60. The summed E-state index contributed by atoms with van der Waals surface area (Å²) >= 11 is 6.09. The number of hydrogen-bond acceptors (Lipinski definition) is 6. The van der Waals surface area contributed by atoms with Crippen molar-refractivity contribution in [3.05, 3.63) is 57.5 Å². The molecule has 2 N–H and O–H groups in total. The van der Waals surface area contributed by atoms with E-state index in [0.29, 0.717) is 30.5 Å². The number of hydrogen-bond donors (Lipinski definition) is 2. The molecule has 0 saturated carbocycles. The first-order chi connectivity index (χ1) is 16.7. The zero-order valence-corrected chi connectivity index (χ0v) is 22.3. The third-order valence-corrected chi connectivity index (χ3v) is 5.46. The second-order valence-electron chi connectivity index (χ2n) is 9.22. The predicted molar refractivity (Wildman–Crippen MR) is 139 cm³/mol. The Morgan fingerprint density at radius 3 is 2.53 bits per heavy atom. The van der Waals surface area contributed by atoms with Crippen molar-refractivity contribution < 1.29 is 24.2 Å². The van der Waals surface area contributed by atoms with Crippen LogP contribution in [0.4, 0.5) is 4.79 Å². The molecule has 0 fully saturated rings. The van der Waals surface area contributed by atoms with E-state index < -0.39 is 35.2 Å². The van der Waals surface area contributed by atoms with E-state index in [0.717, 1.165) is 4.57 Å². The number of nitrogens with one attached hydrogen (secondary N) is 1. The fourth-order valence-electron chi connectivity index (χ4n) is 3.49. The largest absolute Gasteiger partial charge is 0.495 e. The van der Waals surface area contributed by atoms with Crippen LogP contribution in [0, 0.1) is 17.2 Å². The third-order valence-electron chi connectivity index (χ3n) is 5.20. The van der Waals surface area contributed by atoms with E-state index in [1.165, 1.54) is 31.5 Å². The number of alkyl carbamates (subject to hydrolysis) is 1. The quantitative estimate of drug-likeness (QED) is 0.238. The van der Waals surface area contributed by atoms with Gasteiger partial charge in [-0.25, -0.2) is 9.59 Å². The van der Waals surface area contributed by atoms with Gasteiger partial charge in [0.05, 0.1) is 19.4 Å². The van der Waals surface area contributed by atoms with Gasteiger partial charge in [-0.2, -0.15) is 5.26 Å². The van der Waals surface area contributed by atoms with Gasteiger partial charge < -0.3 is 19.9 Å². The van der Waals surface area contributed by atoms with Crippen LogP contribution in [-0.2, 0) is 9.53 Å². The summed E-state index contributed by atoms with van der Waals surface area (Å²) in [5.74, 6) is -1.44. The van der Waals surface area contributed by atoms with Crippen molar-refractivity contribution in [2.24, 2.45) is 5.92 Å². The van der Waals surface area contributed by atoms with Gasteiger partial charge in [0.25, 0.3) is 5.56 Å². The standard InChI is InChI=1S/C26H34ClN3O6/c1-8-18(27)12-19(17(3)14-28)20-13-22(31)30(15-21(20)35-7)23(24(32)33)16(2)10-9-11-29-25(34)36-26(4,5)6/h8,12-13,15-16,23H,1,9-11H2,2-7H3,(H,29,34)(H,32,33)/b18-12+,19-17-. The molecule has 1 heterocycles. The highest BCUT2D eigenvalue weighted by molar-refractivity contribution is 6.31. The summed E-state index contributed by atoms with van der Waals surface area (Å²) < 4.78 is 11.7. The molecule has 0 saturated heterocycles. The Kier molecular flexibility index (Phi) is 11.5. The van der Waals surface area contributed by atoms with Crippen molar-refractivity contribution >= 4 is 29.2 Å². The number of methoxy groups -OCH3 is 1. The van der Waals surface area contributed by atoms with Crippen LogP contribution in [0.1, 0.15) is 59.1 Å². The maximum atomic E-state index is 13.1. The van der Waals surface area contributed by atoms with Crippen LogP contribution in [0.2, 0.25) is 0 Å². The Morgan fingerprint density at radius 2 is 2.03 bits per heavy atom. The van der Waals surface area contributed by atoms with E-state index in [2.05, 4.69) is 11.9 Å². The van der Waals surface area contributed by atoms with E-state index in [9.17, 15) is 24.8 Å². The van der Waals surface area contributed by atoms with Gasteiger partial charge in [0.15, 0.2) is 0 Å². The summed E-state index contributed by atoms with van der Waals surface area (Å²) in [7, 11) is 1.38. The highest BCUT2D eigenvalue weighted by Crippen LogP contribution is 2.31. The fraction of sp³-hybridized carbons (Fsp3) is 0.462. The molecule has 0 aliphatic heterocycles. The van der Waals surface area contributed by atoms with E-state index in [1.807, 2.05) is 6.07 Å². The van der Waals surface area contributed by atoms with Gasteiger partial charge in [0.1, 0.15) is 17.4 Å². The van der Waals surface area contributed by atoms with Crippen molar-refractivity contribution in [1.82, 2.24) is 9.88 Å². The number of amides is 1. The molecule has 1 aromatic rings. The molecule has 2 atom stereocenters. The normalized spacial score (nSPS) is 14.1. The Hall–Kier alpha value is -3.51. The summed E-state index contributed by atoms with van der Waals surface area (Å²) in [5, 5.41) is 22.2. The minimum absolute atomic E-state index is 0.203. The molecule has 1 aromatic heterocycles. The number of aliphatic carboxylic acids is 1. The SMILES string of the molecule is C=C/C(Cl)=C\C(=C(/C)C#N)c1cc(=O)n(C(C(=O)O)C(C)CCCNC(=O)OC(C)(C)C)cc1OC. The van der Waals surface area contributed by atoms with Crippen LogP contribution in [0.25, 0.3) is 5.57 Å². The van der Waals surface area contributed by atoms with Crippen molar-refractivity contribution in [2.75, 3.05) is 13.7 Å². The topological polar surface area (TPSA) is 131 Å². The molecule has 2 unspecified atom stereocenters. The molecular weight excluding hydrogens is 486 g/mol. The lowest BCUT2D eigenvalue weighted by molar-refractivity contribution is -0.142. The zero-order chi connectivity index (χ0) is 27.6. The number of carbonyl (C=O) groups excluding carboxylic acids is 1. The number of carbonyl (C=O) groups is 2. The van der Waals surface area contributed by atoms with Gasteiger partial charge in [0, 0.05) is 34.4 Å². The van der Waals surface area contributed by atoms with Gasteiger partial charge in [-0.05, 0) is 52.5 Å². The summed E-state index contributed by atoms with van der Waals surface area (Å²) in [5.41, 5.74) is -0.256. The number of pyridine rings is 1. The molecular formula is C26H34ClN3O6. The molecule has 0 aliphatic rings. The Balaban J connectivity index is 3.26. The molecule has 0 spiro atoms. The molecule has 196 valence electrons. The van der Waals surface area contributed by atoms with E-state index in [1.54, 1.807) is 34.6 Å². The average Bonchev–Trinajstić information content (AvgIpc) is 2.79. The van der Waals surface area contributed by atoms with Gasteiger partial charge in [0.2, 0.25) is 0 Å². The van der Waals surface area contributed by atoms with Crippen LogP contribution in [0.5, 0.6) is 5.75 Å². The Labute approximate surface area is 216 Å². The Bertz CT molecular complexity index is 1140. The number of allylic oxidation sites excluding steroid dienone is 5. The van der Waals surface area contributed by atoms with Crippen LogP contribution in [0.3, 0.4) is 0 Å². The third kappa shape index (κ3) is 8.93. The number of aromatic nitrogens is 1. The van der Waals surface area contributed by atoms with E-state index in [-0.39, 0.29) is 16.4 Å². The number of rotatable bonds is 11. The predicted octanol–water partition coefficient (Wildman–Crippen LogP) is 5.03. The molecule has 0 bridgehead atoms. The van der Waals surface area contributed by atoms with Crippen molar-refractivity contribution in [2.45, 2.75) is 59.1 Å².